The van der Waals surface area contributed by atoms with E-state index in [0.29, 0.717) is 12.8 Å². The molecule has 0 heterocycles. The van der Waals surface area contributed by atoms with E-state index in [1.165, 1.54) is 0 Å². The summed E-state index contributed by atoms with van der Waals surface area (Å²) < 4.78 is 0. The molecule has 0 saturated carbocycles. The van der Waals surface area contributed by atoms with Crippen LogP contribution in [0.4, 0.5) is 0 Å². The Hall–Kier alpha value is -0.320. The molecule has 0 spiro atoms. The van der Waals surface area contributed by atoms with Crippen LogP contribution in [0.2, 0.25) is 0 Å². The largest absolute Gasteiger partial charge is 0.550 e. The number of hydrogen-bond donors (Lipinski definition) is 0. The Kier molecular flexibility index (Phi) is 13.4. The second-order valence-corrected chi connectivity index (χ2v) is 3.37. The van der Waals surface area contributed by atoms with Crippen LogP contribution in [0.1, 0.15) is 51.4 Å². The second-order valence-electron chi connectivity index (χ2n) is 3.37. The van der Waals surface area contributed by atoms with Crippen molar-refractivity contribution >= 4 is 11.9 Å². The summed E-state index contributed by atoms with van der Waals surface area (Å²) in [6.07, 6.45) is 5.23. The van der Waals surface area contributed by atoms with Gasteiger partial charge in [0.1, 0.15) is 0 Å². The SMILES string of the molecule is O=C([O-])CCCCCCCCC(=O)[O-].[Ag]. The summed E-state index contributed by atoms with van der Waals surface area (Å²) in [5.41, 5.74) is 0. The number of aliphatic carboxylic acids is 2. The smallest absolute Gasteiger partial charge is 0.0414 e. The average molecular weight is 308 g/mol. The Labute approximate surface area is 106 Å². The van der Waals surface area contributed by atoms with Gasteiger partial charge in [-0.3, -0.25) is 0 Å². The van der Waals surface area contributed by atoms with Gasteiger partial charge in [-0.15, -0.1) is 0 Å². The molecule has 0 N–H and O–H groups in total. The molecule has 0 aromatic heterocycles. The van der Waals surface area contributed by atoms with Crippen molar-refractivity contribution in [1.29, 1.82) is 0 Å². The van der Waals surface area contributed by atoms with Crippen molar-refractivity contribution in [2.45, 2.75) is 51.4 Å². The number of carbonyl (C=O) groups excluding carboxylic acids is 2. The van der Waals surface area contributed by atoms with Gasteiger partial charge < -0.3 is 19.8 Å². The van der Waals surface area contributed by atoms with Crippen molar-refractivity contribution < 1.29 is 42.2 Å². The van der Waals surface area contributed by atoms with Gasteiger partial charge in [0, 0.05) is 34.3 Å². The standard InChI is InChI=1S/C10H18O4.Ag/c11-9(12)7-5-3-1-2-4-6-8-10(13)14;/h1-8H2,(H,11,12)(H,13,14);/p-2. The Morgan fingerprint density at radius 2 is 0.933 bits per heavy atom. The third-order valence-electron chi connectivity index (χ3n) is 2.01. The maximum absolute atomic E-state index is 10.0. The summed E-state index contributed by atoms with van der Waals surface area (Å²) in [4.78, 5) is 20.1. The zero-order valence-electron chi connectivity index (χ0n) is 8.59. The Morgan fingerprint density at radius 1 is 0.667 bits per heavy atom. The Bertz CT molecular complexity index is 162. The molecule has 4 nitrogen and oxygen atoms in total. The molecule has 0 aromatic carbocycles. The Balaban J connectivity index is 0. The van der Waals surface area contributed by atoms with Crippen molar-refractivity contribution in [3.05, 3.63) is 0 Å². The third-order valence-corrected chi connectivity index (χ3v) is 2.01. The van der Waals surface area contributed by atoms with E-state index in [9.17, 15) is 19.8 Å². The zero-order chi connectivity index (χ0) is 10.8. The molecule has 0 bridgehead atoms. The molecule has 0 unspecified atom stereocenters. The van der Waals surface area contributed by atoms with Gasteiger partial charge in [0.2, 0.25) is 0 Å². The zero-order valence-corrected chi connectivity index (χ0v) is 10.1. The van der Waals surface area contributed by atoms with Crippen molar-refractivity contribution in [2.75, 3.05) is 0 Å². The minimum Gasteiger partial charge on any atom is -0.550 e. The van der Waals surface area contributed by atoms with Gasteiger partial charge in [-0.2, -0.15) is 0 Å². The van der Waals surface area contributed by atoms with Gasteiger partial charge in [0.25, 0.3) is 0 Å². The normalized spacial score (nSPS) is 9.33. The van der Waals surface area contributed by atoms with Gasteiger partial charge in [-0.25, -0.2) is 0 Å². The maximum Gasteiger partial charge on any atom is 0.0414 e. The molecule has 0 aliphatic heterocycles. The predicted octanol–water partition coefficient (Wildman–Crippen LogP) is -0.396. The van der Waals surface area contributed by atoms with Gasteiger partial charge in [0.15, 0.2) is 0 Å². The monoisotopic (exact) mass is 307 g/mol. The fourth-order valence-electron chi connectivity index (χ4n) is 1.25. The van der Waals surface area contributed by atoms with E-state index >= 15 is 0 Å². The molecule has 0 aliphatic rings. The van der Waals surface area contributed by atoms with Crippen LogP contribution in [-0.2, 0) is 32.0 Å². The fourth-order valence-corrected chi connectivity index (χ4v) is 1.25. The molecule has 0 aliphatic carbocycles. The van der Waals surface area contributed by atoms with Gasteiger partial charge in [0.05, 0.1) is 0 Å². The molecule has 0 atom stereocenters. The maximum atomic E-state index is 10.0. The first-order valence-electron chi connectivity index (χ1n) is 5.02. The molecule has 5 heteroatoms. The number of rotatable bonds is 9. The van der Waals surface area contributed by atoms with Crippen LogP contribution in [0.3, 0.4) is 0 Å². The van der Waals surface area contributed by atoms with E-state index in [1.54, 1.807) is 0 Å². The third kappa shape index (κ3) is 16.4. The van der Waals surface area contributed by atoms with Gasteiger partial charge in [-0.1, -0.05) is 25.7 Å². The minimum absolute atomic E-state index is 0. The number of carboxylic acid groups (broad SMARTS) is 2. The van der Waals surface area contributed by atoms with E-state index in [4.69, 9.17) is 0 Å². The number of carbonyl (C=O) groups is 2. The molecule has 0 fully saturated rings. The molecule has 93 valence electrons. The molecule has 1 radical (unpaired) electrons. The van der Waals surface area contributed by atoms with E-state index in [2.05, 4.69) is 0 Å². The van der Waals surface area contributed by atoms with Crippen LogP contribution < -0.4 is 10.2 Å². The van der Waals surface area contributed by atoms with Crippen LogP contribution >= 0.6 is 0 Å². The average Bonchev–Trinajstić information content (AvgIpc) is 2.08. The van der Waals surface area contributed by atoms with Crippen LogP contribution in [-0.4, -0.2) is 11.9 Å². The minimum atomic E-state index is -0.998. The predicted molar refractivity (Wildman–Crippen MR) is 47.0 cm³/mol. The first-order chi connectivity index (χ1) is 6.63. The Morgan fingerprint density at radius 3 is 1.20 bits per heavy atom. The molecule has 0 rings (SSSR count). The van der Waals surface area contributed by atoms with Crippen molar-refractivity contribution in [3.63, 3.8) is 0 Å². The number of carboxylic acids is 2. The van der Waals surface area contributed by atoms with E-state index < -0.39 is 11.9 Å². The molecular formula is C10H16AgO4-2. The molecule has 15 heavy (non-hydrogen) atoms. The number of unbranched alkanes of at least 4 members (excludes halogenated alkanes) is 5. The quantitative estimate of drug-likeness (QED) is 0.429. The number of hydrogen-bond acceptors (Lipinski definition) is 4. The van der Waals surface area contributed by atoms with Crippen LogP contribution in [0.5, 0.6) is 0 Å². The second kappa shape index (κ2) is 11.8. The van der Waals surface area contributed by atoms with E-state index in [-0.39, 0.29) is 35.2 Å². The van der Waals surface area contributed by atoms with Gasteiger partial charge >= 0.3 is 0 Å². The van der Waals surface area contributed by atoms with Crippen LogP contribution in [0.25, 0.3) is 0 Å². The topological polar surface area (TPSA) is 80.3 Å². The summed E-state index contributed by atoms with van der Waals surface area (Å²) in [6.45, 7) is 0. The van der Waals surface area contributed by atoms with Crippen molar-refractivity contribution in [2.24, 2.45) is 0 Å². The summed E-state index contributed by atoms with van der Waals surface area (Å²) in [5.74, 6) is -2.00. The molecule has 0 amide bonds. The first-order valence-corrected chi connectivity index (χ1v) is 5.02. The first kappa shape index (κ1) is 17.1. The summed E-state index contributed by atoms with van der Waals surface area (Å²) >= 11 is 0. The van der Waals surface area contributed by atoms with Crippen molar-refractivity contribution in [3.8, 4) is 0 Å². The fraction of sp³-hybridized carbons (Fsp3) is 0.800. The van der Waals surface area contributed by atoms with E-state index in [1.807, 2.05) is 0 Å². The van der Waals surface area contributed by atoms with Gasteiger partial charge in [-0.05, 0) is 25.7 Å². The summed E-state index contributed by atoms with van der Waals surface area (Å²) in [7, 11) is 0. The van der Waals surface area contributed by atoms with Crippen LogP contribution in [0.15, 0.2) is 0 Å². The summed E-state index contributed by atoms with van der Waals surface area (Å²) in [6, 6.07) is 0. The molecule has 0 aromatic rings. The van der Waals surface area contributed by atoms with Crippen molar-refractivity contribution in [1.82, 2.24) is 0 Å². The van der Waals surface area contributed by atoms with E-state index in [0.717, 1.165) is 25.7 Å². The summed E-state index contributed by atoms with van der Waals surface area (Å²) in [5, 5.41) is 20.1. The van der Waals surface area contributed by atoms with Crippen LogP contribution in [0, 0.1) is 0 Å². The molecule has 0 saturated heterocycles. The molecular weight excluding hydrogens is 292 g/mol.